The molecule has 2 aliphatic rings. The Labute approximate surface area is 329 Å². The monoisotopic (exact) mass is 760 g/mol. The number of allylic oxidation sites excluding steroid dienone is 2. The van der Waals surface area contributed by atoms with Crippen molar-refractivity contribution in [1.29, 1.82) is 0 Å². The topological polar surface area (TPSA) is 62.4 Å². The summed E-state index contributed by atoms with van der Waals surface area (Å²) in [5, 5.41) is 22.9. The molecule has 7 nitrogen and oxygen atoms in total. The second kappa shape index (κ2) is 17.5. The lowest BCUT2D eigenvalue weighted by Crippen LogP contribution is -2.31. The normalized spacial score (nSPS) is 14.6. The van der Waals surface area contributed by atoms with E-state index in [-0.39, 0.29) is 0 Å². The second-order valence-electron chi connectivity index (χ2n) is 15.3. The molecule has 0 bridgehead atoms. The summed E-state index contributed by atoms with van der Waals surface area (Å²) < 4.78 is 3.99. The SMILES string of the molecule is CCC=C(CCC)c1c2c(nn1C)N(c1c(C)cc(C)cc1Cl)CCC2.CCCC(O)(CCC)c1c2c(nn1C)N(c1c(C)cc(C)cc1Cl)CCC2. The van der Waals surface area contributed by atoms with Gasteiger partial charge in [-0.1, -0.05) is 88.4 Å². The molecule has 0 spiro atoms. The minimum absolute atomic E-state index is 0.761. The summed E-state index contributed by atoms with van der Waals surface area (Å²) in [6.07, 6.45) is 13.3. The number of fused-ring (bicyclic) bond motifs is 2. The van der Waals surface area contributed by atoms with Crippen LogP contribution < -0.4 is 9.80 Å². The smallest absolute Gasteiger partial charge is 0.158 e. The van der Waals surface area contributed by atoms with E-state index in [9.17, 15) is 5.11 Å². The van der Waals surface area contributed by atoms with E-state index < -0.39 is 5.60 Å². The number of rotatable bonds is 11. The zero-order valence-electron chi connectivity index (χ0n) is 34.0. The first kappa shape index (κ1) is 40.9. The van der Waals surface area contributed by atoms with Gasteiger partial charge >= 0.3 is 0 Å². The molecule has 2 aromatic carbocycles. The minimum atomic E-state index is -0.812. The molecular weight excluding hydrogens is 699 g/mol. The summed E-state index contributed by atoms with van der Waals surface area (Å²) in [5.74, 6) is 2.04. The molecule has 6 rings (SSSR count). The number of aromatic nitrogens is 4. The Morgan fingerprint density at radius 2 is 1.23 bits per heavy atom. The van der Waals surface area contributed by atoms with Crippen LogP contribution in [0.5, 0.6) is 0 Å². The molecule has 4 heterocycles. The molecule has 0 aliphatic carbocycles. The van der Waals surface area contributed by atoms with Gasteiger partial charge in [-0.3, -0.25) is 9.36 Å². The highest BCUT2D eigenvalue weighted by Crippen LogP contribution is 2.45. The van der Waals surface area contributed by atoms with Crippen molar-refractivity contribution in [3.8, 4) is 0 Å². The minimum Gasteiger partial charge on any atom is -0.384 e. The lowest BCUT2D eigenvalue weighted by Gasteiger charge is -2.33. The Kier molecular flexibility index (Phi) is 13.5. The van der Waals surface area contributed by atoms with E-state index in [1.807, 2.05) is 17.8 Å². The molecule has 1 N–H and O–H groups in total. The number of hydrogen-bond donors (Lipinski definition) is 1. The molecule has 0 atom stereocenters. The number of benzene rings is 2. The van der Waals surface area contributed by atoms with Gasteiger partial charge in [-0.15, -0.1) is 0 Å². The van der Waals surface area contributed by atoms with E-state index in [1.165, 1.54) is 39.1 Å². The van der Waals surface area contributed by atoms with Crippen molar-refractivity contribution in [3.05, 3.63) is 85.2 Å². The van der Waals surface area contributed by atoms with Gasteiger partial charge in [-0.05, 0) is 119 Å². The van der Waals surface area contributed by atoms with Crippen LogP contribution in [0, 0.1) is 27.7 Å². The fraction of sp³-hybridized carbons (Fsp3) is 0.545. The van der Waals surface area contributed by atoms with Crippen molar-refractivity contribution >= 4 is 51.8 Å². The summed E-state index contributed by atoms with van der Waals surface area (Å²) in [4.78, 5) is 4.58. The van der Waals surface area contributed by atoms with Crippen molar-refractivity contribution in [2.45, 2.75) is 132 Å². The molecule has 288 valence electrons. The second-order valence-corrected chi connectivity index (χ2v) is 16.1. The third-order valence-electron chi connectivity index (χ3n) is 10.8. The molecule has 53 heavy (non-hydrogen) atoms. The number of aliphatic hydroxyl groups is 1. The Morgan fingerprint density at radius 3 is 1.70 bits per heavy atom. The Bertz CT molecular complexity index is 1890. The van der Waals surface area contributed by atoms with Crippen molar-refractivity contribution in [2.75, 3.05) is 22.9 Å². The summed E-state index contributed by atoms with van der Waals surface area (Å²) in [7, 11) is 4.04. The van der Waals surface area contributed by atoms with Crippen LogP contribution in [-0.4, -0.2) is 37.8 Å². The molecule has 0 saturated carbocycles. The number of halogens is 2. The van der Waals surface area contributed by atoms with E-state index in [1.54, 1.807) is 0 Å². The number of aryl methyl sites for hydroxylation is 6. The molecule has 2 aromatic heterocycles. The van der Waals surface area contributed by atoms with Crippen LogP contribution >= 0.6 is 23.2 Å². The number of anilines is 4. The van der Waals surface area contributed by atoms with Gasteiger partial charge in [0.05, 0.1) is 32.8 Å². The van der Waals surface area contributed by atoms with Crippen molar-refractivity contribution in [2.24, 2.45) is 14.1 Å². The van der Waals surface area contributed by atoms with Gasteiger partial charge in [0.25, 0.3) is 0 Å². The highest BCUT2D eigenvalue weighted by molar-refractivity contribution is 6.34. The largest absolute Gasteiger partial charge is 0.384 e. The van der Waals surface area contributed by atoms with Crippen molar-refractivity contribution in [1.82, 2.24) is 19.6 Å². The maximum absolute atomic E-state index is 11.5. The molecule has 4 aromatic rings. The molecule has 2 aliphatic heterocycles. The van der Waals surface area contributed by atoms with E-state index in [2.05, 4.69) is 101 Å². The van der Waals surface area contributed by atoms with Crippen LogP contribution in [0.2, 0.25) is 10.0 Å². The summed E-state index contributed by atoms with van der Waals surface area (Å²) in [6.45, 7) is 19.0. The predicted octanol–water partition coefficient (Wildman–Crippen LogP) is 11.9. The van der Waals surface area contributed by atoms with Gasteiger partial charge in [0, 0.05) is 38.3 Å². The zero-order valence-corrected chi connectivity index (χ0v) is 35.5. The highest BCUT2D eigenvalue weighted by atomic mass is 35.5. The molecule has 9 heteroatoms. The van der Waals surface area contributed by atoms with Crippen LogP contribution in [0.4, 0.5) is 23.0 Å². The summed E-state index contributed by atoms with van der Waals surface area (Å²) >= 11 is 13.3. The van der Waals surface area contributed by atoms with Gasteiger partial charge in [0.1, 0.15) is 5.60 Å². The lowest BCUT2D eigenvalue weighted by atomic mass is 9.85. The van der Waals surface area contributed by atoms with Crippen LogP contribution in [0.25, 0.3) is 5.57 Å². The van der Waals surface area contributed by atoms with Gasteiger partial charge in [-0.25, -0.2) is 0 Å². The average Bonchev–Trinajstić information content (AvgIpc) is 3.61. The molecule has 0 amide bonds. The predicted molar refractivity (Wildman–Crippen MR) is 226 cm³/mol. The highest BCUT2D eigenvalue weighted by Gasteiger charge is 2.38. The van der Waals surface area contributed by atoms with Gasteiger partial charge < -0.3 is 14.9 Å². The van der Waals surface area contributed by atoms with Crippen molar-refractivity contribution in [3.63, 3.8) is 0 Å². The summed E-state index contributed by atoms with van der Waals surface area (Å²) in [5.41, 5.74) is 12.4. The number of nitrogens with zero attached hydrogens (tertiary/aromatic N) is 6. The van der Waals surface area contributed by atoms with Gasteiger partial charge in [-0.2, -0.15) is 10.2 Å². The van der Waals surface area contributed by atoms with E-state index >= 15 is 0 Å². The average molecular weight is 762 g/mol. The zero-order chi connectivity index (χ0) is 38.6. The van der Waals surface area contributed by atoms with E-state index in [0.717, 1.165) is 128 Å². The Hall–Kier alpha value is -3.26. The fourth-order valence-electron chi connectivity index (χ4n) is 8.98. The maximum atomic E-state index is 11.5. The van der Waals surface area contributed by atoms with Crippen LogP contribution in [-0.2, 0) is 32.5 Å². The molecule has 0 radical (unpaired) electrons. The lowest BCUT2D eigenvalue weighted by molar-refractivity contribution is 0.00829. The molecule has 0 unspecified atom stereocenters. The summed E-state index contributed by atoms with van der Waals surface area (Å²) in [6, 6.07) is 8.46. The maximum Gasteiger partial charge on any atom is 0.158 e. The van der Waals surface area contributed by atoms with Gasteiger partial charge in [0.15, 0.2) is 11.6 Å². The van der Waals surface area contributed by atoms with E-state index in [4.69, 9.17) is 33.4 Å². The Balaban J connectivity index is 0.000000204. The molecule has 0 fully saturated rings. The van der Waals surface area contributed by atoms with Gasteiger partial charge in [0.2, 0.25) is 0 Å². The quantitative estimate of drug-likeness (QED) is 0.165. The fourth-order valence-corrected chi connectivity index (χ4v) is 9.83. The Morgan fingerprint density at radius 1 is 0.736 bits per heavy atom. The first-order valence-corrected chi connectivity index (χ1v) is 20.7. The van der Waals surface area contributed by atoms with E-state index in [0.29, 0.717) is 0 Å². The van der Waals surface area contributed by atoms with Crippen LogP contribution in [0.3, 0.4) is 0 Å². The standard InChI is InChI=1S/C22H32ClN3O.C22H30ClN3/c1-6-10-22(27,11-7-2)20-17-9-8-12-26(21(17)24-25(20)5)19-16(4)13-15(3)14-18(19)23;1-6-9-17(10-7-2)21-18-11-8-12-26(22(18)24-25(21)5)20-16(4)13-15(3)14-19(20)23/h13-14,27H,6-12H2,1-5H3;9,13-14H,6-8,10-12H2,1-5H3. The van der Waals surface area contributed by atoms with Crippen LogP contribution in [0.15, 0.2) is 30.3 Å². The third-order valence-corrected chi connectivity index (χ3v) is 11.3. The number of hydrogen-bond acceptors (Lipinski definition) is 5. The first-order valence-electron chi connectivity index (χ1n) is 19.9. The van der Waals surface area contributed by atoms with Crippen molar-refractivity contribution < 1.29 is 5.11 Å². The first-order chi connectivity index (χ1) is 25.3. The third kappa shape index (κ3) is 8.38. The molecule has 0 saturated heterocycles. The molecular formula is C44H62Cl2N6O. The van der Waals surface area contributed by atoms with Crippen LogP contribution in [0.1, 0.15) is 130 Å².